The Morgan fingerprint density at radius 2 is 1.82 bits per heavy atom. The maximum atomic E-state index is 14.2. The zero-order valence-electron chi connectivity index (χ0n) is 18.4. The van der Waals surface area contributed by atoms with Gasteiger partial charge in [0.1, 0.15) is 34.1 Å². The lowest BCUT2D eigenvalue weighted by Crippen LogP contribution is -2.33. The second kappa shape index (κ2) is 9.34. The van der Waals surface area contributed by atoms with Gasteiger partial charge in [0, 0.05) is 12.7 Å². The van der Waals surface area contributed by atoms with Gasteiger partial charge in [0.05, 0.1) is 12.0 Å². The van der Waals surface area contributed by atoms with Crippen molar-refractivity contribution in [1.29, 1.82) is 0 Å². The molecule has 4 rings (SSSR count). The molecule has 0 radical (unpaired) electrons. The maximum Gasteiger partial charge on any atom is 0.341 e. The minimum absolute atomic E-state index is 0.0227. The van der Waals surface area contributed by atoms with Crippen LogP contribution in [0.15, 0.2) is 58.4 Å². The monoisotopic (exact) mass is 466 g/mol. The molecule has 3 heterocycles. The fourth-order valence-corrected chi connectivity index (χ4v) is 3.65. The first-order valence-electron chi connectivity index (χ1n) is 10.6. The van der Waals surface area contributed by atoms with E-state index in [4.69, 9.17) is 4.74 Å². The van der Waals surface area contributed by atoms with E-state index in [1.807, 2.05) is 6.92 Å². The van der Waals surface area contributed by atoms with Crippen LogP contribution in [0.3, 0.4) is 0 Å². The van der Waals surface area contributed by atoms with Crippen LogP contribution in [0, 0.1) is 11.6 Å². The largest absolute Gasteiger partial charge is 0.462 e. The van der Waals surface area contributed by atoms with Crippen LogP contribution >= 0.6 is 0 Å². The topological polar surface area (TPSA) is 95.0 Å². The van der Waals surface area contributed by atoms with Crippen LogP contribution in [-0.4, -0.2) is 32.4 Å². The molecule has 0 unspecified atom stereocenters. The molecule has 0 bridgehead atoms. The summed E-state index contributed by atoms with van der Waals surface area (Å²) in [5.74, 6) is -4.23. The molecule has 0 N–H and O–H groups in total. The van der Waals surface area contributed by atoms with E-state index < -0.39 is 34.6 Å². The van der Waals surface area contributed by atoms with Crippen molar-refractivity contribution >= 4 is 28.6 Å². The molecule has 34 heavy (non-hydrogen) atoms. The van der Waals surface area contributed by atoms with E-state index in [9.17, 15) is 23.2 Å². The molecule has 1 amide bonds. The van der Waals surface area contributed by atoms with Gasteiger partial charge in [0.2, 0.25) is 0 Å². The molecule has 1 aromatic carbocycles. The summed E-state index contributed by atoms with van der Waals surface area (Å²) in [6.45, 7) is 3.67. The smallest absolute Gasteiger partial charge is 0.341 e. The van der Waals surface area contributed by atoms with Crippen LogP contribution in [0.1, 0.15) is 41.0 Å². The van der Waals surface area contributed by atoms with Gasteiger partial charge in [0.25, 0.3) is 11.5 Å². The number of hydrogen-bond acceptors (Lipinski definition) is 5. The van der Waals surface area contributed by atoms with Gasteiger partial charge in [-0.1, -0.05) is 19.1 Å². The predicted molar refractivity (Wildman–Crippen MR) is 119 cm³/mol. The highest BCUT2D eigenvalue weighted by Gasteiger charge is 2.22. The normalized spacial score (nSPS) is 11.8. The first-order chi connectivity index (χ1) is 16.4. The number of rotatable bonds is 5. The number of halogens is 2. The summed E-state index contributed by atoms with van der Waals surface area (Å²) in [5, 5.41) is 0.101. The fraction of sp³-hybridized carbons (Fsp3) is 0.208. The number of fused-ring (bicyclic) bond motifs is 2. The summed E-state index contributed by atoms with van der Waals surface area (Å²) in [4.78, 5) is 47.3. The molecule has 0 aliphatic rings. The summed E-state index contributed by atoms with van der Waals surface area (Å²) in [5.41, 5.74) is -1.17. The van der Waals surface area contributed by atoms with E-state index in [1.165, 1.54) is 15.0 Å². The van der Waals surface area contributed by atoms with Gasteiger partial charge in [-0.3, -0.25) is 14.0 Å². The first kappa shape index (κ1) is 23.0. The van der Waals surface area contributed by atoms with Crippen molar-refractivity contribution in [2.45, 2.75) is 26.8 Å². The standard InChI is InChI=1S/C24H20F2N4O4/c1-3-11-30-20-14(23(32)29-12-6-5-10-18(29)27-20)13-15(24(33)34-4-2)21(30)28-22(31)19-16(25)8-7-9-17(19)26/h5-10,12-13H,3-4,11H2,1-2H3. The molecule has 8 nitrogen and oxygen atoms in total. The van der Waals surface area contributed by atoms with Crippen LogP contribution in [0.25, 0.3) is 16.7 Å². The Morgan fingerprint density at radius 3 is 2.50 bits per heavy atom. The number of carbonyl (C=O) groups excluding carboxylic acids is 2. The van der Waals surface area contributed by atoms with Gasteiger partial charge in [-0.2, -0.15) is 4.99 Å². The molecule has 0 saturated carbocycles. The molecule has 0 aliphatic heterocycles. The molecule has 3 aromatic heterocycles. The summed E-state index contributed by atoms with van der Waals surface area (Å²) >= 11 is 0. The summed E-state index contributed by atoms with van der Waals surface area (Å²) in [6, 6.07) is 9.26. The summed E-state index contributed by atoms with van der Waals surface area (Å²) in [6.07, 6.45) is 2.06. The zero-order valence-corrected chi connectivity index (χ0v) is 18.4. The number of pyridine rings is 2. The molecular formula is C24H20F2N4O4. The van der Waals surface area contributed by atoms with Crippen molar-refractivity contribution in [2.75, 3.05) is 6.61 Å². The highest BCUT2D eigenvalue weighted by molar-refractivity contribution is 5.97. The Labute approximate surface area is 191 Å². The third-order valence-corrected chi connectivity index (χ3v) is 5.12. The molecule has 0 saturated heterocycles. The second-order valence-electron chi connectivity index (χ2n) is 7.35. The number of benzene rings is 1. The minimum Gasteiger partial charge on any atom is -0.462 e. The third kappa shape index (κ3) is 3.98. The van der Waals surface area contributed by atoms with Crippen LogP contribution in [0.2, 0.25) is 0 Å². The Balaban J connectivity index is 2.14. The predicted octanol–water partition coefficient (Wildman–Crippen LogP) is 3.26. The lowest BCUT2D eigenvalue weighted by Gasteiger charge is -2.14. The van der Waals surface area contributed by atoms with Gasteiger partial charge in [-0.15, -0.1) is 0 Å². The number of esters is 1. The van der Waals surface area contributed by atoms with Gasteiger partial charge in [-0.05, 0) is 43.7 Å². The number of aryl methyl sites for hydroxylation is 1. The SMILES string of the molecule is CCCn1c(=NC(=O)c2c(F)cccc2F)c(C(=O)OCC)cc2c(=O)n3ccccc3nc21. The van der Waals surface area contributed by atoms with Gasteiger partial charge in [-0.25, -0.2) is 18.6 Å². The molecule has 10 heteroatoms. The highest BCUT2D eigenvalue weighted by atomic mass is 19.1. The van der Waals surface area contributed by atoms with Gasteiger partial charge in [0.15, 0.2) is 5.49 Å². The van der Waals surface area contributed by atoms with Crippen molar-refractivity contribution in [3.05, 3.63) is 87.3 Å². The molecule has 0 atom stereocenters. The minimum atomic E-state index is -1.22. The van der Waals surface area contributed by atoms with Crippen molar-refractivity contribution < 1.29 is 23.1 Å². The molecule has 0 fully saturated rings. The molecule has 0 aliphatic carbocycles. The molecule has 4 aromatic rings. The second-order valence-corrected chi connectivity index (χ2v) is 7.35. The van der Waals surface area contributed by atoms with Crippen LogP contribution < -0.4 is 11.0 Å². The van der Waals surface area contributed by atoms with Gasteiger partial charge >= 0.3 is 5.97 Å². The van der Waals surface area contributed by atoms with E-state index in [0.29, 0.717) is 12.1 Å². The first-order valence-corrected chi connectivity index (χ1v) is 10.6. The summed E-state index contributed by atoms with van der Waals surface area (Å²) in [7, 11) is 0. The van der Waals surface area contributed by atoms with E-state index in [2.05, 4.69) is 9.98 Å². The number of amides is 1. The Hall–Kier alpha value is -4.21. The van der Waals surface area contributed by atoms with Crippen molar-refractivity contribution in [3.8, 4) is 0 Å². The highest BCUT2D eigenvalue weighted by Crippen LogP contribution is 2.15. The Kier molecular flexibility index (Phi) is 6.31. The number of carbonyl (C=O) groups is 2. The number of hydrogen-bond donors (Lipinski definition) is 0. The zero-order chi connectivity index (χ0) is 24.4. The lowest BCUT2D eigenvalue weighted by atomic mass is 10.1. The number of nitrogens with zero attached hydrogens (tertiary/aromatic N) is 4. The van der Waals surface area contributed by atoms with Crippen molar-refractivity contribution in [1.82, 2.24) is 14.0 Å². The Bertz CT molecular complexity index is 1550. The Morgan fingerprint density at radius 1 is 1.09 bits per heavy atom. The third-order valence-electron chi connectivity index (χ3n) is 5.12. The average Bonchev–Trinajstić information content (AvgIpc) is 2.81. The van der Waals surface area contributed by atoms with E-state index >= 15 is 0 Å². The fourth-order valence-electron chi connectivity index (χ4n) is 3.65. The average molecular weight is 466 g/mol. The van der Waals surface area contributed by atoms with Crippen molar-refractivity contribution in [3.63, 3.8) is 0 Å². The van der Waals surface area contributed by atoms with Crippen LogP contribution in [0.4, 0.5) is 8.78 Å². The van der Waals surface area contributed by atoms with E-state index in [1.54, 1.807) is 31.3 Å². The van der Waals surface area contributed by atoms with E-state index in [-0.39, 0.29) is 35.2 Å². The number of ether oxygens (including phenoxy) is 1. The molecular weight excluding hydrogens is 446 g/mol. The quantitative estimate of drug-likeness (QED) is 0.332. The molecule has 174 valence electrons. The maximum absolute atomic E-state index is 14.2. The van der Waals surface area contributed by atoms with Crippen molar-refractivity contribution in [2.24, 2.45) is 4.99 Å². The van der Waals surface area contributed by atoms with Crippen LogP contribution in [-0.2, 0) is 11.3 Å². The number of aromatic nitrogens is 3. The summed E-state index contributed by atoms with van der Waals surface area (Å²) < 4.78 is 36.3. The van der Waals surface area contributed by atoms with Gasteiger partial charge < -0.3 is 9.30 Å². The molecule has 0 spiro atoms. The van der Waals surface area contributed by atoms with Crippen LogP contribution in [0.5, 0.6) is 0 Å². The lowest BCUT2D eigenvalue weighted by molar-refractivity contribution is 0.0523. The van der Waals surface area contributed by atoms with E-state index in [0.717, 1.165) is 18.2 Å².